The summed E-state index contributed by atoms with van der Waals surface area (Å²) in [7, 11) is 1.72. The zero-order valence-corrected chi connectivity index (χ0v) is 12.9. The lowest BCUT2D eigenvalue weighted by Crippen LogP contribution is -2.32. The smallest absolute Gasteiger partial charge is 0.156 e. The van der Waals surface area contributed by atoms with Crippen molar-refractivity contribution in [2.45, 2.75) is 40.0 Å². The zero-order chi connectivity index (χ0) is 14.8. The van der Waals surface area contributed by atoms with E-state index in [0.29, 0.717) is 12.3 Å². The first kappa shape index (κ1) is 14.8. The number of aryl methyl sites for hydroxylation is 1. The largest absolute Gasteiger partial charge is 0.496 e. The Morgan fingerprint density at radius 2 is 2.00 bits per heavy atom. The van der Waals surface area contributed by atoms with E-state index in [1.54, 1.807) is 7.11 Å². The summed E-state index contributed by atoms with van der Waals surface area (Å²) < 4.78 is 5.41. The third-order valence-electron chi connectivity index (χ3n) is 4.41. The van der Waals surface area contributed by atoms with Crippen molar-refractivity contribution in [3.05, 3.63) is 41.5 Å². The highest BCUT2D eigenvalue weighted by Crippen LogP contribution is 2.42. The molecule has 1 aliphatic rings. The van der Waals surface area contributed by atoms with Gasteiger partial charge in [0.1, 0.15) is 5.75 Å². The van der Waals surface area contributed by atoms with Gasteiger partial charge in [-0.1, -0.05) is 37.6 Å². The minimum absolute atomic E-state index is 0.0535. The van der Waals surface area contributed by atoms with Crippen LogP contribution in [-0.4, -0.2) is 12.9 Å². The Morgan fingerprint density at radius 3 is 2.65 bits per heavy atom. The van der Waals surface area contributed by atoms with Crippen LogP contribution in [0.15, 0.2) is 35.9 Å². The molecule has 0 saturated heterocycles. The van der Waals surface area contributed by atoms with Gasteiger partial charge in [0.15, 0.2) is 5.78 Å². The molecule has 1 aliphatic carbocycles. The van der Waals surface area contributed by atoms with Crippen LogP contribution in [-0.2, 0) is 11.2 Å². The summed E-state index contributed by atoms with van der Waals surface area (Å²) >= 11 is 0. The Labute approximate surface area is 121 Å². The predicted octanol–water partition coefficient (Wildman–Crippen LogP) is 4.19. The third-order valence-corrected chi connectivity index (χ3v) is 4.41. The minimum Gasteiger partial charge on any atom is -0.496 e. The van der Waals surface area contributed by atoms with Crippen LogP contribution >= 0.6 is 0 Å². The highest BCUT2D eigenvalue weighted by atomic mass is 16.5. The summed E-state index contributed by atoms with van der Waals surface area (Å²) in [6, 6.07) is 8.18. The molecule has 0 N–H and O–H groups in total. The molecule has 1 unspecified atom stereocenters. The van der Waals surface area contributed by atoms with Crippen LogP contribution < -0.4 is 4.74 Å². The van der Waals surface area contributed by atoms with Gasteiger partial charge in [-0.25, -0.2) is 0 Å². The van der Waals surface area contributed by atoms with Gasteiger partial charge >= 0.3 is 0 Å². The van der Waals surface area contributed by atoms with E-state index in [2.05, 4.69) is 32.9 Å². The number of ketones is 1. The molecule has 2 rings (SSSR count). The normalized spacial score (nSPS) is 21.5. The van der Waals surface area contributed by atoms with E-state index in [1.807, 2.05) is 18.2 Å². The van der Waals surface area contributed by atoms with Crippen molar-refractivity contribution in [1.29, 1.82) is 0 Å². The van der Waals surface area contributed by atoms with Crippen LogP contribution in [0.4, 0.5) is 0 Å². The van der Waals surface area contributed by atoms with Gasteiger partial charge in [0.25, 0.3) is 0 Å². The second kappa shape index (κ2) is 5.82. The van der Waals surface area contributed by atoms with Crippen LogP contribution in [0.3, 0.4) is 0 Å². The first-order valence-corrected chi connectivity index (χ1v) is 7.27. The fourth-order valence-corrected chi connectivity index (χ4v) is 3.42. The number of carbonyl (C=O) groups excluding carboxylic acids is 1. The van der Waals surface area contributed by atoms with Crippen molar-refractivity contribution in [2.24, 2.45) is 11.3 Å². The van der Waals surface area contributed by atoms with Crippen LogP contribution in [0.2, 0.25) is 0 Å². The molecule has 0 bridgehead atoms. The van der Waals surface area contributed by atoms with Gasteiger partial charge in [-0.05, 0) is 48.8 Å². The number of benzene rings is 1. The van der Waals surface area contributed by atoms with Crippen molar-refractivity contribution < 1.29 is 9.53 Å². The topological polar surface area (TPSA) is 26.3 Å². The summed E-state index contributed by atoms with van der Waals surface area (Å²) in [4.78, 5) is 11.7. The van der Waals surface area contributed by atoms with Crippen LogP contribution in [0.1, 0.15) is 39.2 Å². The second-order valence-corrected chi connectivity index (χ2v) is 6.42. The van der Waals surface area contributed by atoms with Crippen LogP contribution in [0.25, 0.3) is 0 Å². The quantitative estimate of drug-likeness (QED) is 0.821. The van der Waals surface area contributed by atoms with Crippen molar-refractivity contribution in [1.82, 2.24) is 0 Å². The second-order valence-electron chi connectivity index (χ2n) is 6.42. The molecule has 2 heteroatoms. The molecule has 0 amide bonds. The van der Waals surface area contributed by atoms with E-state index in [1.165, 1.54) is 11.1 Å². The summed E-state index contributed by atoms with van der Waals surface area (Å²) in [5.41, 5.74) is 2.52. The maximum Gasteiger partial charge on any atom is 0.156 e. The van der Waals surface area contributed by atoms with Crippen molar-refractivity contribution in [3.63, 3.8) is 0 Å². The van der Waals surface area contributed by atoms with E-state index in [-0.39, 0.29) is 11.2 Å². The van der Waals surface area contributed by atoms with Gasteiger partial charge in [-0.3, -0.25) is 4.79 Å². The van der Waals surface area contributed by atoms with Crippen LogP contribution in [0, 0.1) is 11.3 Å². The number of ether oxygens (including phenoxy) is 1. The molecule has 1 atom stereocenters. The lowest BCUT2D eigenvalue weighted by Gasteiger charge is -2.38. The number of carbonyl (C=O) groups is 1. The molecule has 0 radical (unpaired) electrons. The highest BCUT2D eigenvalue weighted by Gasteiger charge is 2.35. The van der Waals surface area contributed by atoms with E-state index >= 15 is 0 Å². The van der Waals surface area contributed by atoms with Gasteiger partial charge in [0.05, 0.1) is 7.11 Å². The van der Waals surface area contributed by atoms with E-state index in [0.717, 1.165) is 18.6 Å². The number of hydrogen-bond donors (Lipinski definition) is 0. The van der Waals surface area contributed by atoms with Gasteiger partial charge in [0, 0.05) is 6.42 Å². The molecular weight excluding hydrogens is 248 g/mol. The monoisotopic (exact) mass is 272 g/mol. The van der Waals surface area contributed by atoms with Gasteiger partial charge in [-0.15, -0.1) is 0 Å². The highest BCUT2D eigenvalue weighted by molar-refractivity contribution is 5.91. The maximum absolute atomic E-state index is 11.7. The predicted molar refractivity (Wildman–Crippen MR) is 82.0 cm³/mol. The maximum atomic E-state index is 11.7. The number of para-hydroxylation sites is 1. The summed E-state index contributed by atoms with van der Waals surface area (Å²) in [5, 5.41) is 0. The molecule has 2 nitrogen and oxygen atoms in total. The Hall–Kier alpha value is -1.57. The van der Waals surface area contributed by atoms with E-state index < -0.39 is 0 Å². The molecule has 0 spiro atoms. The van der Waals surface area contributed by atoms with Gasteiger partial charge in [-0.2, -0.15) is 0 Å². The average molecular weight is 272 g/mol. The Morgan fingerprint density at radius 1 is 1.30 bits per heavy atom. The molecule has 20 heavy (non-hydrogen) atoms. The lowest BCUT2D eigenvalue weighted by atomic mass is 9.66. The third kappa shape index (κ3) is 3.12. The number of allylic oxidation sites excluding steroid dienone is 2. The number of hydrogen-bond acceptors (Lipinski definition) is 2. The molecule has 0 saturated carbocycles. The Kier molecular flexibility index (Phi) is 4.32. The summed E-state index contributed by atoms with van der Waals surface area (Å²) in [6.45, 7) is 6.49. The van der Waals surface area contributed by atoms with E-state index in [4.69, 9.17) is 4.74 Å². The van der Waals surface area contributed by atoms with Crippen molar-refractivity contribution in [2.75, 3.05) is 7.11 Å². The summed E-state index contributed by atoms with van der Waals surface area (Å²) in [6.07, 6.45) is 4.53. The lowest BCUT2D eigenvalue weighted by molar-refractivity contribution is -0.117. The molecule has 1 aromatic carbocycles. The molecule has 108 valence electrons. The fourth-order valence-electron chi connectivity index (χ4n) is 3.42. The Balaban J connectivity index is 2.13. The molecule has 0 heterocycles. The van der Waals surface area contributed by atoms with Gasteiger partial charge < -0.3 is 4.74 Å². The van der Waals surface area contributed by atoms with E-state index in [9.17, 15) is 4.79 Å². The standard InChI is InChI=1S/C18H24O2/c1-13-11-15(19)12-18(2,3)16(13)10-9-14-7-5-6-8-17(14)20-4/h5-8,11,16H,9-10,12H2,1-4H3. The molecule has 0 fully saturated rings. The van der Waals surface area contributed by atoms with Crippen LogP contribution in [0.5, 0.6) is 5.75 Å². The zero-order valence-electron chi connectivity index (χ0n) is 12.9. The fraction of sp³-hybridized carbons (Fsp3) is 0.500. The molecule has 1 aromatic rings. The SMILES string of the molecule is COc1ccccc1CCC1C(C)=CC(=O)CC1(C)C. The number of rotatable bonds is 4. The van der Waals surface area contributed by atoms with Crippen molar-refractivity contribution in [3.8, 4) is 5.75 Å². The summed E-state index contributed by atoms with van der Waals surface area (Å²) in [5.74, 6) is 1.69. The molecule has 0 aliphatic heterocycles. The first-order chi connectivity index (χ1) is 9.44. The Bertz CT molecular complexity index is 526. The first-order valence-electron chi connectivity index (χ1n) is 7.27. The van der Waals surface area contributed by atoms with Crippen molar-refractivity contribution >= 4 is 5.78 Å². The molecular formula is C18H24O2. The minimum atomic E-state index is 0.0535. The molecule has 0 aromatic heterocycles. The average Bonchev–Trinajstić information content (AvgIpc) is 2.37. The number of methoxy groups -OCH3 is 1. The van der Waals surface area contributed by atoms with Gasteiger partial charge in [0.2, 0.25) is 0 Å².